The molecule has 5 nitrogen and oxygen atoms in total. The summed E-state index contributed by atoms with van der Waals surface area (Å²) in [6.45, 7) is 7.39. The summed E-state index contributed by atoms with van der Waals surface area (Å²) in [6, 6.07) is 0. The van der Waals surface area contributed by atoms with E-state index in [1.807, 2.05) is 0 Å². The van der Waals surface area contributed by atoms with Crippen LogP contribution in [0.25, 0.3) is 0 Å². The second kappa shape index (κ2) is 4.52. The Kier molecular flexibility index (Phi) is 4.22. The molecule has 0 heterocycles. The number of nitrogens with one attached hydrogen (secondary N) is 1. The van der Waals surface area contributed by atoms with Gasteiger partial charge in [-0.25, -0.2) is 0 Å². The summed E-state index contributed by atoms with van der Waals surface area (Å²) in [5.74, 6) is -0.377. The van der Waals surface area contributed by atoms with E-state index < -0.39 is 11.1 Å². The van der Waals surface area contributed by atoms with E-state index in [1.54, 1.807) is 20.8 Å². The van der Waals surface area contributed by atoms with Gasteiger partial charge in [-0.15, -0.1) is 0 Å². The lowest BCUT2D eigenvalue weighted by molar-refractivity contribution is -0.128. The summed E-state index contributed by atoms with van der Waals surface area (Å²) in [6.07, 6.45) is 0. The highest BCUT2D eigenvalue weighted by atomic mass is 16.3. The van der Waals surface area contributed by atoms with Crippen LogP contribution < -0.4 is 5.32 Å². The van der Waals surface area contributed by atoms with E-state index in [-0.39, 0.29) is 19.1 Å². The zero-order valence-corrected chi connectivity index (χ0v) is 8.87. The second-order valence-electron chi connectivity index (χ2n) is 4.05. The Balaban J connectivity index is 4.53. The van der Waals surface area contributed by atoms with E-state index in [9.17, 15) is 4.79 Å². The van der Waals surface area contributed by atoms with E-state index >= 15 is 0 Å². The van der Waals surface area contributed by atoms with E-state index in [1.165, 1.54) is 0 Å². The van der Waals surface area contributed by atoms with Gasteiger partial charge in [0.1, 0.15) is 5.54 Å². The molecule has 5 heteroatoms. The molecule has 82 valence electrons. The third-order valence-electron chi connectivity index (χ3n) is 2.06. The number of rotatable bonds is 5. The van der Waals surface area contributed by atoms with Crippen molar-refractivity contribution in [2.24, 2.45) is 4.99 Å². The van der Waals surface area contributed by atoms with Crippen molar-refractivity contribution in [3.05, 3.63) is 0 Å². The molecule has 0 bridgehead atoms. The first-order valence-corrected chi connectivity index (χ1v) is 4.33. The predicted molar refractivity (Wildman–Crippen MR) is 54.3 cm³/mol. The zero-order valence-electron chi connectivity index (χ0n) is 8.87. The van der Waals surface area contributed by atoms with Crippen LogP contribution in [0.15, 0.2) is 4.99 Å². The average molecular weight is 202 g/mol. The Morgan fingerprint density at radius 3 is 2.07 bits per heavy atom. The predicted octanol–water partition coefficient (Wildman–Crippen LogP) is -0.675. The average Bonchev–Trinajstić information content (AvgIpc) is 2.17. The summed E-state index contributed by atoms with van der Waals surface area (Å²) < 4.78 is 0. The molecule has 0 aliphatic rings. The molecule has 0 atom stereocenters. The largest absolute Gasteiger partial charge is 0.394 e. The van der Waals surface area contributed by atoms with Crippen LogP contribution in [0.5, 0.6) is 0 Å². The topological polar surface area (TPSA) is 81.9 Å². The van der Waals surface area contributed by atoms with Crippen molar-refractivity contribution in [2.75, 3.05) is 13.2 Å². The van der Waals surface area contributed by atoms with Crippen molar-refractivity contribution < 1.29 is 15.0 Å². The van der Waals surface area contributed by atoms with Crippen molar-refractivity contribution >= 4 is 12.6 Å². The minimum absolute atomic E-state index is 0.331. The van der Waals surface area contributed by atoms with Gasteiger partial charge in [-0.2, -0.15) is 0 Å². The van der Waals surface area contributed by atoms with Gasteiger partial charge >= 0.3 is 0 Å². The minimum Gasteiger partial charge on any atom is -0.394 e. The van der Waals surface area contributed by atoms with E-state index in [2.05, 4.69) is 17.0 Å². The van der Waals surface area contributed by atoms with Crippen LogP contribution in [-0.2, 0) is 4.79 Å². The molecular formula is C9H18N2O3. The molecule has 0 saturated heterocycles. The Morgan fingerprint density at radius 2 is 1.79 bits per heavy atom. The fourth-order valence-corrected chi connectivity index (χ4v) is 0.628. The van der Waals surface area contributed by atoms with E-state index in [0.717, 1.165) is 0 Å². The SMILES string of the molecule is C=NC(C)(C)C(=O)NC(C)(CO)CO. The first kappa shape index (κ1) is 13.1. The van der Waals surface area contributed by atoms with Gasteiger partial charge in [0.2, 0.25) is 5.91 Å². The molecule has 0 aliphatic carbocycles. The maximum Gasteiger partial charge on any atom is 0.247 e. The molecular weight excluding hydrogens is 184 g/mol. The highest BCUT2D eigenvalue weighted by Crippen LogP contribution is 2.10. The monoisotopic (exact) mass is 202 g/mol. The summed E-state index contributed by atoms with van der Waals surface area (Å²) in [7, 11) is 0. The molecule has 0 aromatic heterocycles. The fraction of sp³-hybridized carbons (Fsp3) is 0.778. The van der Waals surface area contributed by atoms with E-state index in [0.29, 0.717) is 0 Å². The number of hydrogen-bond donors (Lipinski definition) is 3. The minimum atomic E-state index is -1.01. The molecule has 0 radical (unpaired) electrons. The molecule has 0 unspecified atom stereocenters. The van der Waals surface area contributed by atoms with Gasteiger partial charge < -0.3 is 15.5 Å². The van der Waals surface area contributed by atoms with Crippen molar-refractivity contribution in [3.63, 3.8) is 0 Å². The maximum absolute atomic E-state index is 11.6. The Bertz CT molecular complexity index is 222. The highest BCUT2D eigenvalue weighted by molar-refractivity contribution is 5.86. The quantitative estimate of drug-likeness (QED) is 0.517. The number of carbonyl (C=O) groups excluding carboxylic acids is 1. The molecule has 0 aromatic carbocycles. The van der Waals surface area contributed by atoms with Gasteiger partial charge in [-0.1, -0.05) is 0 Å². The summed E-state index contributed by atoms with van der Waals surface area (Å²) in [4.78, 5) is 15.2. The van der Waals surface area contributed by atoms with Crippen LogP contribution in [0.2, 0.25) is 0 Å². The van der Waals surface area contributed by atoms with Gasteiger partial charge in [-0.05, 0) is 27.5 Å². The lowest BCUT2D eigenvalue weighted by Crippen LogP contribution is -2.56. The number of nitrogens with zero attached hydrogens (tertiary/aromatic N) is 1. The molecule has 3 N–H and O–H groups in total. The maximum atomic E-state index is 11.6. The van der Waals surface area contributed by atoms with Crippen LogP contribution in [-0.4, -0.2) is 47.1 Å². The van der Waals surface area contributed by atoms with Crippen LogP contribution >= 0.6 is 0 Å². The first-order valence-electron chi connectivity index (χ1n) is 4.33. The molecule has 0 saturated carbocycles. The number of amides is 1. The molecule has 0 fully saturated rings. The smallest absolute Gasteiger partial charge is 0.247 e. The Morgan fingerprint density at radius 1 is 1.36 bits per heavy atom. The van der Waals surface area contributed by atoms with Crippen molar-refractivity contribution in [1.29, 1.82) is 0 Å². The highest BCUT2D eigenvalue weighted by Gasteiger charge is 2.32. The number of carbonyl (C=O) groups is 1. The van der Waals surface area contributed by atoms with Crippen LogP contribution in [0.1, 0.15) is 20.8 Å². The summed E-state index contributed by atoms with van der Waals surface area (Å²) >= 11 is 0. The fourth-order valence-electron chi connectivity index (χ4n) is 0.628. The summed E-state index contributed by atoms with van der Waals surface area (Å²) in [5, 5.41) is 20.4. The van der Waals surface area contributed by atoms with Crippen LogP contribution in [0, 0.1) is 0 Å². The van der Waals surface area contributed by atoms with Gasteiger partial charge in [0.25, 0.3) is 0 Å². The van der Waals surface area contributed by atoms with Crippen molar-refractivity contribution in [2.45, 2.75) is 31.8 Å². The normalized spacial score (nSPS) is 12.4. The van der Waals surface area contributed by atoms with Crippen molar-refractivity contribution in [3.8, 4) is 0 Å². The molecule has 0 spiro atoms. The molecule has 14 heavy (non-hydrogen) atoms. The first-order chi connectivity index (χ1) is 6.31. The molecule has 0 aliphatic heterocycles. The number of aliphatic imine (C=N–C) groups is 1. The second-order valence-corrected chi connectivity index (χ2v) is 4.05. The molecule has 0 aromatic rings. The molecule has 0 rings (SSSR count). The Labute approximate surface area is 83.9 Å². The molecule has 1 amide bonds. The standard InChI is InChI=1S/C9H18N2O3/c1-8(2,10-4)7(14)11-9(3,5-12)6-13/h12-13H,4-6H2,1-3H3,(H,11,14). The Hall–Kier alpha value is -0.940. The number of aliphatic hydroxyl groups excluding tert-OH is 2. The van der Waals surface area contributed by atoms with Gasteiger partial charge in [0, 0.05) is 0 Å². The zero-order chi connectivity index (χ0) is 11.4. The van der Waals surface area contributed by atoms with Crippen molar-refractivity contribution in [1.82, 2.24) is 5.32 Å². The van der Waals surface area contributed by atoms with Gasteiger partial charge in [0.05, 0.1) is 18.8 Å². The number of aliphatic hydroxyl groups is 2. The lowest BCUT2D eigenvalue weighted by atomic mass is 10.0. The van der Waals surface area contributed by atoms with Gasteiger partial charge in [-0.3, -0.25) is 9.79 Å². The summed E-state index contributed by atoms with van der Waals surface area (Å²) in [5.41, 5.74) is -1.97. The number of hydrogen-bond acceptors (Lipinski definition) is 4. The third-order valence-corrected chi connectivity index (χ3v) is 2.06. The lowest BCUT2D eigenvalue weighted by Gasteiger charge is -2.30. The van der Waals surface area contributed by atoms with Crippen LogP contribution in [0.3, 0.4) is 0 Å². The van der Waals surface area contributed by atoms with Gasteiger partial charge in [0.15, 0.2) is 0 Å². The van der Waals surface area contributed by atoms with Crippen LogP contribution in [0.4, 0.5) is 0 Å². The van der Waals surface area contributed by atoms with E-state index in [4.69, 9.17) is 10.2 Å². The third kappa shape index (κ3) is 3.08.